The fraction of sp³-hybridized carbons (Fsp3) is 0.571. The number of likely N-dealkylation sites (N-methyl/N-ethyl adjacent to an activating group) is 1. The highest BCUT2D eigenvalue weighted by Gasteiger charge is 2.32. The Bertz CT molecular complexity index is 689. The fourth-order valence-electron chi connectivity index (χ4n) is 2.56. The van der Waals surface area contributed by atoms with Crippen LogP contribution in [-0.4, -0.2) is 53.6 Å². The molecule has 1 fully saturated rings. The first-order valence-corrected chi connectivity index (χ1v) is 8.69. The molecule has 1 aromatic heterocycles. The van der Waals surface area contributed by atoms with Gasteiger partial charge in [0.2, 0.25) is 5.91 Å². The van der Waals surface area contributed by atoms with Gasteiger partial charge in [0.15, 0.2) is 9.84 Å². The van der Waals surface area contributed by atoms with Gasteiger partial charge in [0.25, 0.3) is 0 Å². The van der Waals surface area contributed by atoms with Crippen LogP contribution in [0.1, 0.15) is 23.4 Å². The number of amides is 1. The van der Waals surface area contributed by atoms with Crippen molar-refractivity contribution in [1.82, 2.24) is 14.7 Å². The molecule has 0 N–H and O–H groups in total. The van der Waals surface area contributed by atoms with E-state index in [1.54, 1.807) is 17.8 Å². The summed E-state index contributed by atoms with van der Waals surface area (Å²) >= 11 is 0. The van der Waals surface area contributed by atoms with Gasteiger partial charge in [0.1, 0.15) is 0 Å². The number of sulfone groups is 1. The molecule has 7 heteroatoms. The SMILES string of the molecule is Cc1nn(C)c(C)c1/C=C\C(=O)N(C)[C@H]1CCS(=O)(=O)C1. The van der Waals surface area contributed by atoms with E-state index in [1.807, 2.05) is 20.9 Å². The number of aromatic nitrogens is 2. The monoisotopic (exact) mass is 311 g/mol. The summed E-state index contributed by atoms with van der Waals surface area (Å²) in [5.41, 5.74) is 2.78. The van der Waals surface area contributed by atoms with Crippen molar-refractivity contribution in [3.05, 3.63) is 23.0 Å². The molecular weight excluding hydrogens is 290 g/mol. The van der Waals surface area contributed by atoms with Crippen LogP contribution >= 0.6 is 0 Å². The number of rotatable bonds is 3. The molecular formula is C14H21N3O3S. The van der Waals surface area contributed by atoms with Gasteiger partial charge in [-0.25, -0.2) is 8.42 Å². The maximum atomic E-state index is 12.2. The fourth-order valence-corrected chi connectivity index (χ4v) is 4.34. The van der Waals surface area contributed by atoms with E-state index in [0.717, 1.165) is 17.0 Å². The normalized spacial score (nSPS) is 21.0. The van der Waals surface area contributed by atoms with Gasteiger partial charge in [-0.05, 0) is 26.3 Å². The van der Waals surface area contributed by atoms with E-state index in [1.165, 1.54) is 11.0 Å². The minimum absolute atomic E-state index is 0.0635. The summed E-state index contributed by atoms with van der Waals surface area (Å²) in [5, 5.41) is 4.29. The summed E-state index contributed by atoms with van der Waals surface area (Å²) in [5.74, 6) is 0.0492. The summed E-state index contributed by atoms with van der Waals surface area (Å²) < 4.78 is 24.7. The Kier molecular flexibility index (Phi) is 4.22. The molecule has 21 heavy (non-hydrogen) atoms. The van der Waals surface area contributed by atoms with Crippen molar-refractivity contribution in [1.29, 1.82) is 0 Å². The Morgan fingerprint density at radius 1 is 1.43 bits per heavy atom. The molecule has 0 aliphatic carbocycles. The summed E-state index contributed by atoms with van der Waals surface area (Å²) in [6, 6.07) is -0.219. The van der Waals surface area contributed by atoms with Crippen LogP contribution in [0.3, 0.4) is 0 Å². The first kappa shape index (κ1) is 15.8. The van der Waals surface area contributed by atoms with E-state index in [9.17, 15) is 13.2 Å². The third-order valence-corrected chi connectivity index (χ3v) is 5.81. The van der Waals surface area contributed by atoms with E-state index in [4.69, 9.17) is 0 Å². The van der Waals surface area contributed by atoms with E-state index in [-0.39, 0.29) is 23.5 Å². The molecule has 0 saturated carbocycles. The minimum atomic E-state index is -2.98. The number of carbonyl (C=O) groups excluding carboxylic acids is 1. The van der Waals surface area contributed by atoms with Crippen LogP contribution in [0.4, 0.5) is 0 Å². The van der Waals surface area contributed by atoms with Gasteiger partial charge in [-0.1, -0.05) is 0 Å². The maximum Gasteiger partial charge on any atom is 0.246 e. The zero-order valence-corrected chi connectivity index (χ0v) is 13.6. The van der Waals surface area contributed by atoms with Crippen LogP contribution in [0.15, 0.2) is 6.08 Å². The van der Waals surface area contributed by atoms with Crippen LogP contribution in [0.5, 0.6) is 0 Å². The lowest BCUT2D eigenvalue weighted by atomic mass is 10.1. The van der Waals surface area contributed by atoms with Gasteiger partial charge in [-0.15, -0.1) is 0 Å². The number of aryl methyl sites for hydroxylation is 2. The predicted octanol–water partition coefficient (Wildman–Crippen LogP) is 0.696. The van der Waals surface area contributed by atoms with Crippen LogP contribution in [0.2, 0.25) is 0 Å². The molecule has 6 nitrogen and oxygen atoms in total. The molecule has 1 aromatic rings. The van der Waals surface area contributed by atoms with Gasteiger partial charge >= 0.3 is 0 Å². The number of nitrogens with zero attached hydrogens (tertiary/aromatic N) is 3. The van der Waals surface area contributed by atoms with E-state index >= 15 is 0 Å². The molecule has 2 heterocycles. The Labute approximate surface area is 125 Å². The Hall–Kier alpha value is -1.63. The third kappa shape index (κ3) is 3.34. The van der Waals surface area contributed by atoms with Gasteiger partial charge < -0.3 is 4.90 Å². The molecule has 0 spiro atoms. The molecule has 2 rings (SSSR count). The second-order valence-electron chi connectivity index (χ2n) is 5.55. The summed E-state index contributed by atoms with van der Waals surface area (Å²) in [7, 11) is 0.530. The molecule has 1 amide bonds. The molecule has 1 aliphatic rings. The van der Waals surface area contributed by atoms with Crippen LogP contribution < -0.4 is 0 Å². The smallest absolute Gasteiger partial charge is 0.246 e. The van der Waals surface area contributed by atoms with E-state index in [2.05, 4.69) is 5.10 Å². The van der Waals surface area contributed by atoms with Crippen molar-refractivity contribution in [2.75, 3.05) is 18.6 Å². The Morgan fingerprint density at radius 2 is 2.10 bits per heavy atom. The lowest BCUT2D eigenvalue weighted by molar-refractivity contribution is -0.126. The average molecular weight is 311 g/mol. The highest BCUT2D eigenvalue weighted by Crippen LogP contribution is 2.18. The molecule has 116 valence electrons. The standard InChI is InChI=1S/C14H21N3O3S/c1-10-13(11(2)17(4)15-10)5-6-14(18)16(3)12-7-8-21(19,20)9-12/h5-6,12H,7-9H2,1-4H3/b6-5-/t12-/m0/s1. The molecule has 0 unspecified atom stereocenters. The first-order valence-electron chi connectivity index (χ1n) is 6.87. The average Bonchev–Trinajstić information content (AvgIpc) is 2.87. The van der Waals surface area contributed by atoms with E-state index in [0.29, 0.717) is 6.42 Å². The van der Waals surface area contributed by atoms with Crippen molar-refractivity contribution < 1.29 is 13.2 Å². The second kappa shape index (κ2) is 5.63. The molecule has 0 radical (unpaired) electrons. The quantitative estimate of drug-likeness (QED) is 0.770. The van der Waals surface area contributed by atoms with Gasteiger partial charge in [-0.2, -0.15) is 5.10 Å². The summed E-state index contributed by atoms with van der Waals surface area (Å²) in [4.78, 5) is 13.7. The number of hydrogen-bond acceptors (Lipinski definition) is 4. The highest BCUT2D eigenvalue weighted by atomic mass is 32.2. The van der Waals surface area contributed by atoms with Gasteiger partial charge in [0, 0.05) is 37.5 Å². The highest BCUT2D eigenvalue weighted by molar-refractivity contribution is 7.91. The topological polar surface area (TPSA) is 72.3 Å². The van der Waals surface area contributed by atoms with Crippen LogP contribution in [-0.2, 0) is 21.7 Å². The van der Waals surface area contributed by atoms with Crippen LogP contribution in [0, 0.1) is 13.8 Å². The minimum Gasteiger partial charge on any atom is -0.338 e. The maximum absolute atomic E-state index is 12.2. The van der Waals surface area contributed by atoms with E-state index < -0.39 is 9.84 Å². The lowest BCUT2D eigenvalue weighted by Gasteiger charge is -2.21. The zero-order chi connectivity index (χ0) is 15.8. The number of carbonyl (C=O) groups is 1. The molecule has 0 bridgehead atoms. The van der Waals surface area contributed by atoms with Crippen molar-refractivity contribution in [2.24, 2.45) is 7.05 Å². The van der Waals surface area contributed by atoms with Crippen molar-refractivity contribution >= 4 is 21.8 Å². The van der Waals surface area contributed by atoms with Crippen molar-refractivity contribution in [3.8, 4) is 0 Å². The van der Waals surface area contributed by atoms with Gasteiger partial charge in [-0.3, -0.25) is 9.48 Å². The summed E-state index contributed by atoms with van der Waals surface area (Å²) in [6.07, 6.45) is 3.76. The zero-order valence-electron chi connectivity index (χ0n) is 12.8. The largest absolute Gasteiger partial charge is 0.338 e. The molecule has 0 aromatic carbocycles. The van der Waals surface area contributed by atoms with Crippen molar-refractivity contribution in [2.45, 2.75) is 26.3 Å². The third-order valence-electron chi connectivity index (χ3n) is 4.06. The Balaban J connectivity index is 2.09. The second-order valence-corrected chi connectivity index (χ2v) is 7.78. The summed E-state index contributed by atoms with van der Waals surface area (Å²) in [6.45, 7) is 3.84. The molecule has 1 aliphatic heterocycles. The molecule has 1 saturated heterocycles. The van der Waals surface area contributed by atoms with Gasteiger partial charge in [0.05, 0.1) is 17.2 Å². The Morgan fingerprint density at radius 3 is 2.57 bits per heavy atom. The van der Waals surface area contributed by atoms with Crippen molar-refractivity contribution in [3.63, 3.8) is 0 Å². The number of hydrogen-bond donors (Lipinski definition) is 0. The predicted molar refractivity (Wildman–Crippen MR) is 81.5 cm³/mol. The molecule has 1 atom stereocenters. The lowest BCUT2D eigenvalue weighted by Crippen LogP contribution is -2.36. The van der Waals surface area contributed by atoms with Crippen LogP contribution in [0.25, 0.3) is 6.08 Å². The first-order chi connectivity index (χ1) is 9.71.